The van der Waals surface area contributed by atoms with Crippen molar-refractivity contribution in [1.29, 1.82) is 0 Å². The number of hydrogen-bond donors (Lipinski definition) is 1. The third-order valence-corrected chi connectivity index (χ3v) is 5.46. The van der Waals surface area contributed by atoms with Crippen molar-refractivity contribution in [1.82, 2.24) is 9.55 Å². The molecule has 1 N–H and O–H groups in total. The zero-order valence-corrected chi connectivity index (χ0v) is 16.5. The quantitative estimate of drug-likeness (QED) is 0.522. The van der Waals surface area contributed by atoms with Crippen LogP contribution in [-0.2, 0) is 7.05 Å². The van der Waals surface area contributed by atoms with E-state index in [-0.39, 0.29) is 0 Å². The number of hydrogen-bond acceptors (Lipinski definition) is 4. The van der Waals surface area contributed by atoms with E-state index in [1.807, 2.05) is 0 Å². The Bertz CT molecular complexity index is 1370. The summed E-state index contributed by atoms with van der Waals surface area (Å²) >= 11 is 0. The Hall–Kier alpha value is -3.81. The van der Waals surface area contributed by atoms with Crippen molar-refractivity contribution in [2.75, 3.05) is 5.32 Å². The van der Waals surface area contributed by atoms with Crippen molar-refractivity contribution in [2.24, 2.45) is 7.05 Å². The van der Waals surface area contributed by atoms with Gasteiger partial charge in [0.2, 0.25) is 0 Å². The Morgan fingerprint density at radius 2 is 1.81 bits per heavy atom. The van der Waals surface area contributed by atoms with Crippen molar-refractivity contribution in [3.63, 3.8) is 0 Å². The summed E-state index contributed by atoms with van der Waals surface area (Å²) in [5, 5.41) is 2.51. The Morgan fingerprint density at radius 1 is 1.13 bits per heavy atom. The first kappa shape index (κ1) is 19.2. The minimum Gasteiger partial charge on any atom is -0.406 e. The van der Waals surface area contributed by atoms with Gasteiger partial charge in [-0.2, -0.15) is 0 Å². The zero-order valence-electron chi connectivity index (χ0n) is 16.5. The van der Waals surface area contributed by atoms with E-state index in [0.29, 0.717) is 22.8 Å². The first-order valence-corrected chi connectivity index (χ1v) is 9.78. The summed E-state index contributed by atoms with van der Waals surface area (Å²) in [4.78, 5) is 28.6. The molecule has 31 heavy (non-hydrogen) atoms. The molecule has 0 radical (unpaired) electrons. The van der Waals surface area contributed by atoms with Crippen LogP contribution in [0.5, 0.6) is 0 Å². The molecule has 0 unspecified atom stereocenters. The van der Waals surface area contributed by atoms with Crippen LogP contribution in [0.2, 0.25) is 0 Å². The monoisotopic (exact) mass is 421 g/mol. The molecule has 1 aliphatic carbocycles. The normalized spacial score (nSPS) is 13.5. The van der Waals surface area contributed by atoms with Crippen LogP contribution in [0.3, 0.4) is 0 Å². The lowest BCUT2D eigenvalue weighted by atomic mass is 9.98. The van der Waals surface area contributed by atoms with Gasteiger partial charge >= 0.3 is 5.76 Å². The number of pyridine rings is 1. The van der Waals surface area contributed by atoms with Crippen LogP contribution >= 0.6 is 0 Å². The SMILES string of the molecule is Cn1c(=O)oc2c(C3CC3)c(-c3ccc(NC(=O)c4c(F)cccc4F)cc3)cnc21. The highest BCUT2D eigenvalue weighted by Crippen LogP contribution is 2.47. The van der Waals surface area contributed by atoms with Gasteiger partial charge in [-0.25, -0.2) is 18.6 Å². The Labute approximate surface area is 175 Å². The topological polar surface area (TPSA) is 77.1 Å². The number of rotatable bonds is 4. The molecule has 0 bridgehead atoms. The van der Waals surface area contributed by atoms with Gasteiger partial charge in [-0.05, 0) is 48.6 Å². The molecule has 6 nitrogen and oxygen atoms in total. The second kappa shape index (κ2) is 7.16. The van der Waals surface area contributed by atoms with E-state index in [4.69, 9.17) is 4.42 Å². The number of aromatic nitrogens is 2. The molecule has 2 aromatic heterocycles. The van der Waals surface area contributed by atoms with Crippen LogP contribution in [0.1, 0.15) is 34.7 Å². The highest BCUT2D eigenvalue weighted by molar-refractivity contribution is 6.04. The summed E-state index contributed by atoms with van der Waals surface area (Å²) in [6.45, 7) is 0. The lowest BCUT2D eigenvalue weighted by molar-refractivity contribution is 0.101. The van der Waals surface area contributed by atoms with Crippen LogP contribution in [0, 0.1) is 11.6 Å². The van der Waals surface area contributed by atoms with E-state index in [9.17, 15) is 18.4 Å². The number of amides is 1. The molecule has 8 heteroatoms. The number of oxazole rings is 1. The van der Waals surface area contributed by atoms with Gasteiger partial charge in [-0.15, -0.1) is 0 Å². The fraction of sp³-hybridized carbons (Fsp3) is 0.174. The van der Waals surface area contributed by atoms with Gasteiger partial charge in [-0.1, -0.05) is 18.2 Å². The fourth-order valence-corrected chi connectivity index (χ4v) is 3.73. The molecule has 0 saturated heterocycles. The molecule has 2 heterocycles. The van der Waals surface area contributed by atoms with Crippen molar-refractivity contribution in [2.45, 2.75) is 18.8 Å². The minimum atomic E-state index is -0.924. The first-order chi connectivity index (χ1) is 14.9. The number of anilines is 1. The average Bonchev–Trinajstić information content (AvgIpc) is 3.54. The lowest BCUT2D eigenvalue weighted by Crippen LogP contribution is -2.15. The number of benzene rings is 2. The Kier molecular flexibility index (Phi) is 4.43. The molecular formula is C23H17F2N3O3. The van der Waals surface area contributed by atoms with Crippen molar-refractivity contribution in [3.8, 4) is 11.1 Å². The number of fused-ring (bicyclic) bond motifs is 1. The van der Waals surface area contributed by atoms with E-state index in [2.05, 4.69) is 10.3 Å². The maximum atomic E-state index is 13.8. The summed E-state index contributed by atoms with van der Waals surface area (Å²) in [6.07, 6.45) is 3.73. The molecule has 2 aromatic carbocycles. The van der Waals surface area contributed by atoms with Crippen LogP contribution in [0.4, 0.5) is 14.5 Å². The van der Waals surface area contributed by atoms with Gasteiger partial charge < -0.3 is 9.73 Å². The molecule has 1 fully saturated rings. The van der Waals surface area contributed by atoms with Gasteiger partial charge in [0.25, 0.3) is 5.91 Å². The van der Waals surface area contributed by atoms with Crippen molar-refractivity contribution in [3.05, 3.63) is 82.0 Å². The summed E-state index contributed by atoms with van der Waals surface area (Å²) < 4.78 is 34.5. The lowest BCUT2D eigenvalue weighted by Gasteiger charge is -2.11. The van der Waals surface area contributed by atoms with Crippen LogP contribution < -0.4 is 11.1 Å². The van der Waals surface area contributed by atoms with E-state index in [1.54, 1.807) is 37.5 Å². The van der Waals surface area contributed by atoms with Gasteiger partial charge in [0, 0.05) is 30.1 Å². The molecule has 5 rings (SSSR count). The largest absolute Gasteiger partial charge is 0.420 e. The average molecular weight is 421 g/mol. The summed E-state index contributed by atoms with van der Waals surface area (Å²) in [5.41, 5.74) is 3.40. The molecule has 0 aliphatic heterocycles. The Morgan fingerprint density at radius 3 is 2.45 bits per heavy atom. The van der Waals surface area contributed by atoms with Gasteiger partial charge in [0.1, 0.15) is 17.2 Å². The number of halogens is 2. The minimum absolute atomic E-state index is 0.300. The first-order valence-electron chi connectivity index (χ1n) is 9.78. The highest BCUT2D eigenvalue weighted by Gasteiger charge is 2.31. The van der Waals surface area contributed by atoms with E-state index in [0.717, 1.165) is 41.7 Å². The number of nitrogens with one attached hydrogen (secondary N) is 1. The predicted octanol–water partition coefficient (Wildman–Crippen LogP) is 4.60. The second-order valence-corrected chi connectivity index (χ2v) is 7.57. The molecule has 1 saturated carbocycles. The molecule has 4 aromatic rings. The predicted molar refractivity (Wildman–Crippen MR) is 111 cm³/mol. The molecular weight excluding hydrogens is 404 g/mol. The van der Waals surface area contributed by atoms with Crippen molar-refractivity contribution < 1.29 is 18.0 Å². The third kappa shape index (κ3) is 3.30. The number of carbonyl (C=O) groups excluding carboxylic acids is 1. The summed E-state index contributed by atoms with van der Waals surface area (Å²) in [6, 6.07) is 10.1. The molecule has 0 spiro atoms. The number of aryl methyl sites for hydroxylation is 1. The second-order valence-electron chi connectivity index (χ2n) is 7.57. The number of nitrogens with zero attached hydrogens (tertiary/aromatic N) is 2. The van der Waals surface area contributed by atoms with Crippen LogP contribution in [-0.4, -0.2) is 15.5 Å². The molecule has 1 amide bonds. The van der Waals surface area contributed by atoms with Gasteiger partial charge in [-0.3, -0.25) is 9.36 Å². The molecule has 156 valence electrons. The summed E-state index contributed by atoms with van der Waals surface area (Å²) in [7, 11) is 1.62. The molecule has 0 atom stereocenters. The zero-order chi connectivity index (χ0) is 21.7. The third-order valence-electron chi connectivity index (χ3n) is 5.46. The molecule has 1 aliphatic rings. The van der Waals surface area contributed by atoms with Gasteiger partial charge in [0.05, 0.1) is 0 Å². The maximum Gasteiger partial charge on any atom is 0.420 e. The van der Waals surface area contributed by atoms with E-state index in [1.165, 1.54) is 10.6 Å². The smallest absolute Gasteiger partial charge is 0.406 e. The highest BCUT2D eigenvalue weighted by atomic mass is 19.1. The van der Waals surface area contributed by atoms with Gasteiger partial charge in [0.15, 0.2) is 11.2 Å². The van der Waals surface area contributed by atoms with Crippen molar-refractivity contribution >= 4 is 22.8 Å². The van der Waals surface area contributed by atoms with Crippen LogP contribution in [0.15, 0.2) is 57.9 Å². The number of carbonyl (C=O) groups is 1. The fourth-order valence-electron chi connectivity index (χ4n) is 3.73. The maximum absolute atomic E-state index is 13.8. The Balaban J connectivity index is 1.48. The van der Waals surface area contributed by atoms with E-state index >= 15 is 0 Å². The standard InChI is InChI=1S/C23H17F2N3O3/c1-28-21-20(31-23(28)30)18(13-5-6-13)15(11-26-21)12-7-9-14(10-8-12)27-22(29)19-16(24)3-2-4-17(19)25/h2-4,7-11,13H,5-6H2,1H3,(H,27,29). The summed E-state index contributed by atoms with van der Waals surface area (Å²) in [5.74, 6) is -2.87. The van der Waals surface area contributed by atoms with Crippen LogP contribution in [0.25, 0.3) is 22.4 Å². The van der Waals surface area contributed by atoms with E-state index < -0.39 is 28.9 Å².